The monoisotopic (exact) mass is 333 g/mol. The summed E-state index contributed by atoms with van der Waals surface area (Å²) in [6, 6.07) is 0. The van der Waals surface area contributed by atoms with Crippen LogP contribution in [0.2, 0.25) is 0 Å². The minimum Gasteiger partial charge on any atom is -0.342 e. The standard InChI is InChI=1S/C15H22F3N3O2/c1-10(2)14-19-12(23-20-14)6-3-7-13(22)21-8-4-5-11(9-21)15(16,17)18/h10-11H,3-9H2,1-2H3/t11-/m0/s1. The molecule has 1 saturated heterocycles. The van der Waals surface area contributed by atoms with Crippen LogP contribution in [-0.4, -0.2) is 40.2 Å². The summed E-state index contributed by atoms with van der Waals surface area (Å²) in [5.41, 5.74) is 0. The van der Waals surface area contributed by atoms with Crippen LogP contribution in [0.25, 0.3) is 0 Å². The lowest BCUT2D eigenvalue weighted by molar-refractivity contribution is -0.188. The van der Waals surface area contributed by atoms with Crippen molar-refractivity contribution in [1.29, 1.82) is 0 Å². The highest BCUT2D eigenvalue weighted by Gasteiger charge is 2.42. The van der Waals surface area contributed by atoms with E-state index in [1.807, 2.05) is 13.8 Å². The Balaban J connectivity index is 1.78. The summed E-state index contributed by atoms with van der Waals surface area (Å²) in [6.45, 7) is 4.08. The van der Waals surface area contributed by atoms with Gasteiger partial charge in [-0.2, -0.15) is 18.2 Å². The highest BCUT2D eigenvalue weighted by Crippen LogP contribution is 2.33. The molecule has 0 aliphatic carbocycles. The Morgan fingerprint density at radius 2 is 2.17 bits per heavy atom. The van der Waals surface area contributed by atoms with Gasteiger partial charge in [-0.05, 0) is 19.3 Å². The van der Waals surface area contributed by atoms with Gasteiger partial charge in [0.2, 0.25) is 11.8 Å². The number of likely N-dealkylation sites (tertiary alicyclic amines) is 1. The molecule has 1 fully saturated rings. The SMILES string of the molecule is CC(C)c1noc(CCCC(=O)N2CCC[C@H](C(F)(F)F)C2)n1. The quantitative estimate of drug-likeness (QED) is 0.829. The third kappa shape index (κ3) is 4.94. The van der Waals surface area contributed by atoms with Crippen molar-refractivity contribution in [3.05, 3.63) is 11.7 Å². The fourth-order valence-electron chi connectivity index (χ4n) is 2.62. The molecule has 1 aliphatic heterocycles. The van der Waals surface area contributed by atoms with E-state index in [4.69, 9.17) is 4.52 Å². The van der Waals surface area contributed by atoms with E-state index >= 15 is 0 Å². The fraction of sp³-hybridized carbons (Fsp3) is 0.800. The van der Waals surface area contributed by atoms with E-state index in [2.05, 4.69) is 10.1 Å². The van der Waals surface area contributed by atoms with E-state index in [0.717, 1.165) is 0 Å². The first kappa shape index (κ1) is 17.7. The summed E-state index contributed by atoms with van der Waals surface area (Å²) < 4.78 is 43.3. The van der Waals surface area contributed by atoms with E-state index in [1.54, 1.807) is 0 Å². The van der Waals surface area contributed by atoms with Crippen molar-refractivity contribution >= 4 is 5.91 Å². The van der Waals surface area contributed by atoms with Gasteiger partial charge in [0, 0.05) is 31.8 Å². The maximum absolute atomic E-state index is 12.8. The summed E-state index contributed by atoms with van der Waals surface area (Å²) in [5.74, 6) is -0.377. The maximum Gasteiger partial charge on any atom is 0.393 e. The number of aromatic nitrogens is 2. The number of hydrogen-bond donors (Lipinski definition) is 0. The van der Waals surface area contributed by atoms with Crippen molar-refractivity contribution in [2.45, 2.75) is 58.0 Å². The molecule has 1 aliphatic rings. The van der Waals surface area contributed by atoms with E-state index < -0.39 is 12.1 Å². The molecule has 2 rings (SSSR count). The molecule has 8 heteroatoms. The van der Waals surface area contributed by atoms with Gasteiger partial charge in [0.05, 0.1) is 5.92 Å². The van der Waals surface area contributed by atoms with Gasteiger partial charge in [-0.15, -0.1) is 0 Å². The molecular weight excluding hydrogens is 311 g/mol. The number of hydrogen-bond acceptors (Lipinski definition) is 4. The lowest BCUT2D eigenvalue weighted by Gasteiger charge is -2.33. The topological polar surface area (TPSA) is 59.2 Å². The van der Waals surface area contributed by atoms with Gasteiger partial charge in [-0.1, -0.05) is 19.0 Å². The lowest BCUT2D eigenvalue weighted by Crippen LogP contribution is -2.44. The molecule has 5 nitrogen and oxygen atoms in total. The first-order valence-corrected chi connectivity index (χ1v) is 7.94. The number of piperidine rings is 1. The van der Waals surface area contributed by atoms with Crippen LogP contribution in [0.4, 0.5) is 13.2 Å². The van der Waals surface area contributed by atoms with Crippen LogP contribution < -0.4 is 0 Å². The van der Waals surface area contributed by atoms with E-state index in [1.165, 1.54) is 4.90 Å². The second-order valence-corrected chi connectivity index (χ2v) is 6.28. The predicted molar refractivity (Wildman–Crippen MR) is 76.7 cm³/mol. The Labute approximate surface area is 133 Å². The third-order valence-corrected chi connectivity index (χ3v) is 4.02. The number of amides is 1. The zero-order valence-electron chi connectivity index (χ0n) is 13.4. The fourth-order valence-corrected chi connectivity index (χ4v) is 2.62. The van der Waals surface area contributed by atoms with Crippen molar-refractivity contribution in [1.82, 2.24) is 15.0 Å². The summed E-state index contributed by atoms with van der Waals surface area (Å²) in [5, 5.41) is 3.83. The van der Waals surface area contributed by atoms with Crippen LogP contribution in [0.15, 0.2) is 4.52 Å². The van der Waals surface area contributed by atoms with Crippen LogP contribution in [0.3, 0.4) is 0 Å². The molecule has 130 valence electrons. The van der Waals surface area contributed by atoms with Crippen molar-refractivity contribution in [3.63, 3.8) is 0 Å². The average molecular weight is 333 g/mol. The van der Waals surface area contributed by atoms with Crippen molar-refractivity contribution in [3.8, 4) is 0 Å². The minimum atomic E-state index is -4.23. The van der Waals surface area contributed by atoms with Crippen LogP contribution in [-0.2, 0) is 11.2 Å². The minimum absolute atomic E-state index is 0.104. The zero-order chi connectivity index (χ0) is 17.0. The number of carbonyl (C=O) groups excluding carboxylic acids is 1. The number of alkyl halides is 3. The van der Waals surface area contributed by atoms with Crippen LogP contribution in [0.1, 0.15) is 57.2 Å². The Morgan fingerprint density at radius 1 is 1.43 bits per heavy atom. The van der Waals surface area contributed by atoms with Crippen LogP contribution in [0, 0.1) is 5.92 Å². The Hall–Kier alpha value is -1.60. The van der Waals surface area contributed by atoms with Crippen molar-refractivity contribution in [2.24, 2.45) is 5.92 Å². The van der Waals surface area contributed by atoms with E-state index in [9.17, 15) is 18.0 Å². The first-order chi connectivity index (χ1) is 10.8. The normalized spacial score (nSPS) is 19.4. The smallest absolute Gasteiger partial charge is 0.342 e. The van der Waals surface area contributed by atoms with Gasteiger partial charge >= 0.3 is 6.18 Å². The second-order valence-electron chi connectivity index (χ2n) is 6.28. The van der Waals surface area contributed by atoms with Gasteiger partial charge in [0.25, 0.3) is 0 Å². The molecule has 23 heavy (non-hydrogen) atoms. The molecule has 0 bridgehead atoms. The second kappa shape index (κ2) is 7.31. The Morgan fingerprint density at radius 3 is 2.78 bits per heavy atom. The maximum atomic E-state index is 12.8. The zero-order valence-corrected chi connectivity index (χ0v) is 13.4. The average Bonchev–Trinajstić information content (AvgIpc) is 2.95. The molecule has 2 heterocycles. The highest BCUT2D eigenvalue weighted by molar-refractivity contribution is 5.76. The number of aryl methyl sites for hydroxylation is 1. The van der Waals surface area contributed by atoms with Gasteiger partial charge in [-0.3, -0.25) is 4.79 Å². The van der Waals surface area contributed by atoms with Gasteiger partial charge < -0.3 is 9.42 Å². The molecule has 1 aromatic rings. The number of nitrogens with zero attached hydrogens (tertiary/aromatic N) is 3. The number of rotatable bonds is 5. The number of carbonyl (C=O) groups is 1. The molecule has 0 N–H and O–H groups in total. The van der Waals surface area contributed by atoms with E-state index in [0.29, 0.717) is 37.5 Å². The third-order valence-electron chi connectivity index (χ3n) is 4.02. The summed E-state index contributed by atoms with van der Waals surface area (Å²) >= 11 is 0. The molecule has 1 aromatic heterocycles. The van der Waals surface area contributed by atoms with E-state index in [-0.39, 0.29) is 31.2 Å². The van der Waals surface area contributed by atoms with Gasteiger partial charge in [0.1, 0.15) is 0 Å². The highest BCUT2D eigenvalue weighted by atomic mass is 19.4. The van der Waals surface area contributed by atoms with Crippen molar-refractivity contribution in [2.75, 3.05) is 13.1 Å². The summed E-state index contributed by atoms with van der Waals surface area (Å²) in [4.78, 5) is 17.6. The molecule has 0 saturated carbocycles. The number of halogens is 3. The molecule has 0 unspecified atom stereocenters. The first-order valence-electron chi connectivity index (χ1n) is 7.94. The predicted octanol–water partition coefficient (Wildman–Crippen LogP) is 3.32. The molecular formula is C15H22F3N3O2. The Bertz CT molecular complexity index is 528. The lowest BCUT2D eigenvalue weighted by atomic mass is 9.97. The largest absolute Gasteiger partial charge is 0.393 e. The van der Waals surface area contributed by atoms with Gasteiger partial charge in [-0.25, -0.2) is 0 Å². The Kier molecular flexibility index (Phi) is 5.64. The van der Waals surface area contributed by atoms with Gasteiger partial charge in [0.15, 0.2) is 5.82 Å². The van der Waals surface area contributed by atoms with Crippen molar-refractivity contribution < 1.29 is 22.5 Å². The molecule has 1 atom stereocenters. The molecule has 0 radical (unpaired) electrons. The molecule has 0 aromatic carbocycles. The summed E-state index contributed by atoms with van der Waals surface area (Å²) in [7, 11) is 0. The van der Waals surface area contributed by atoms with Crippen LogP contribution in [0.5, 0.6) is 0 Å². The van der Waals surface area contributed by atoms with Crippen LogP contribution >= 0.6 is 0 Å². The summed E-state index contributed by atoms with van der Waals surface area (Å²) in [6.07, 6.45) is -2.57. The molecule has 0 spiro atoms. The molecule has 1 amide bonds.